The molecule has 1 aliphatic heterocycles. The van der Waals surface area contributed by atoms with Crippen LogP contribution < -0.4 is 16.0 Å². The molecule has 58 heavy (non-hydrogen) atoms. The first-order valence-electron chi connectivity index (χ1n) is 23.0. The maximum atomic E-state index is 14.0. The largest absolute Gasteiger partial charge is 0.481 e. The molecule has 3 amide bonds. The van der Waals surface area contributed by atoms with Gasteiger partial charge in [0.15, 0.2) is 6.29 Å². The Kier molecular flexibility index (Phi) is 31.8. The number of carboxylic acid groups (broad SMARTS) is 1. The van der Waals surface area contributed by atoms with Crippen LogP contribution in [0.4, 0.5) is 0 Å². The minimum atomic E-state index is -1.73. The molecule has 1 aliphatic rings. The first kappa shape index (κ1) is 53.7. The van der Waals surface area contributed by atoms with Gasteiger partial charge in [-0.15, -0.1) is 0 Å². The van der Waals surface area contributed by atoms with Crippen LogP contribution in [0.15, 0.2) is 0 Å². The third-order valence-corrected chi connectivity index (χ3v) is 11.4. The standard InChI is InChI=1S/C44H83N3O11/c1-4-6-8-10-12-14-16-18-20-22-24-26-28-33(27-25-23-21-19-17-15-13-11-9-7-5-2)41(54)47-35(43(56)46-34(42(55)45-3)29-30-37(49)50)32-57-44-40(53)39(52)38(51)36(31-48)58-44/h33-36,38-40,44,48,51-53H,4-32H2,1-3H3,(H,45,55)(H,46,56)(H,47,54)(H,49,50)/t33?,34-,35+,36-,38-,39+,40+,44+/m1/s1. The van der Waals surface area contributed by atoms with Crippen molar-refractivity contribution >= 4 is 23.7 Å². The summed E-state index contributed by atoms with van der Waals surface area (Å²) in [6.45, 7) is 3.22. The lowest BCUT2D eigenvalue weighted by atomic mass is 9.92. The molecule has 0 aromatic carbocycles. The van der Waals surface area contributed by atoms with Crippen LogP contribution in [0.3, 0.4) is 0 Å². The van der Waals surface area contributed by atoms with Gasteiger partial charge in [-0.05, 0) is 19.3 Å². The van der Waals surface area contributed by atoms with Crippen LogP contribution >= 0.6 is 0 Å². The fraction of sp³-hybridized carbons (Fsp3) is 0.909. The van der Waals surface area contributed by atoms with Crippen LogP contribution in [0.5, 0.6) is 0 Å². The first-order chi connectivity index (χ1) is 28.0. The molecule has 0 aliphatic carbocycles. The number of rotatable bonds is 37. The molecule has 0 saturated carbocycles. The Balaban J connectivity index is 2.98. The van der Waals surface area contributed by atoms with Crippen molar-refractivity contribution < 1.29 is 54.2 Å². The summed E-state index contributed by atoms with van der Waals surface area (Å²) in [6, 6.07) is -2.60. The van der Waals surface area contributed by atoms with E-state index in [4.69, 9.17) is 9.47 Å². The van der Waals surface area contributed by atoms with Crippen LogP contribution in [0, 0.1) is 5.92 Å². The summed E-state index contributed by atoms with van der Waals surface area (Å²) < 4.78 is 11.2. The molecular formula is C44H83N3O11. The molecule has 0 spiro atoms. The Morgan fingerprint density at radius 2 is 1.00 bits per heavy atom. The summed E-state index contributed by atoms with van der Waals surface area (Å²) in [7, 11) is 1.36. The molecule has 8 N–H and O–H groups in total. The van der Waals surface area contributed by atoms with Crippen molar-refractivity contribution in [3.63, 3.8) is 0 Å². The summed E-state index contributed by atoms with van der Waals surface area (Å²) in [6.07, 6.45) is 20.2. The van der Waals surface area contributed by atoms with E-state index in [-0.39, 0.29) is 18.2 Å². The number of hydrogen-bond donors (Lipinski definition) is 8. The second-order valence-corrected chi connectivity index (χ2v) is 16.4. The van der Waals surface area contributed by atoms with Crippen molar-refractivity contribution in [1.82, 2.24) is 16.0 Å². The fourth-order valence-electron chi connectivity index (χ4n) is 7.55. The third-order valence-electron chi connectivity index (χ3n) is 11.4. The number of unbranched alkanes of at least 4 members (excludes halogenated alkanes) is 21. The van der Waals surface area contributed by atoms with E-state index in [0.29, 0.717) is 12.8 Å². The Morgan fingerprint density at radius 3 is 1.41 bits per heavy atom. The number of amides is 3. The number of carbonyl (C=O) groups excluding carboxylic acids is 3. The van der Waals surface area contributed by atoms with Gasteiger partial charge in [-0.1, -0.05) is 162 Å². The van der Waals surface area contributed by atoms with Crippen LogP contribution in [0.1, 0.15) is 187 Å². The maximum absolute atomic E-state index is 14.0. The fourth-order valence-corrected chi connectivity index (χ4v) is 7.55. The topological polar surface area (TPSA) is 224 Å². The van der Waals surface area contributed by atoms with Gasteiger partial charge in [0, 0.05) is 19.4 Å². The summed E-state index contributed by atoms with van der Waals surface area (Å²) in [5.74, 6) is -3.31. The Bertz CT molecular complexity index is 1080. The molecular weight excluding hydrogens is 746 g/mol. The molecule has 1 rings (SSSR count). The van der Waals surface area contributed by atoms with Gasteiger partial charge in [0.25, 0.3) is 0 Å². The van der Waals surface area contributed by atoms with Crippen molar-refractivity contribution in [2.24, 2.45) is 5.92 Å². The van der Waals surface area contributed by atoms with Crippen molar-refractivity contribution in [1.29, 1.82) is 0 Å². The number of aliphatic hydroxyl groups excluding tert-OH is 4. The van der Waals surface area contributed by atoms with E-state index >= 15 is 0 Å². The minimum Gasteiger partial charge on any atom is -0.481 e. The first-order valence-corrected chi connectivity index (χ1v) is 23.0. The highest BCUT2D eigenvalue weighted by Crippen LogP contribution is 2.24. The van der Waals surface area contributed by atoms with E-state index in [2.05, 4.69) is 29.8 Å². The van der Waals surface area contributed by atoms with Crippen molar-refractivity contribution in [2.45, 2.75) is 230 Å². The lowest BCUT2D eigenvalue weighted by Crippen LogP contribution is -2.60. The monoisotopic (exact) mass is 830 g/mol. The van der Waals surface area contributed by atoms with Crippen molar-refractivity contribution in [2.75, 3.05) is 20.3 Å². The van der Waals surface area contributed by atoms with Gasteiger partial charge in [-0.25, -0.2) is 0 Å². The molecule has 1 heterocycles. The van der Waals surface area contributed by atoms with Gasteiger partial charge >= 0.3 is 5.97 Å². The summed E-state index contributed by atoms with van der Waals surface area (Å²) in [5, 5.41) is 57.6. The number of aliphatic hydroxyl groups is 4. The number of aliphatic carboxylic acids is 1. The Morgan fingerprint density at radius 1 is 0.569 bits per heavy atom. The van der Waals surface area contributed by atoms with E-state index in [1.54, 1.807) is 0 Å². The highest BCUT2D eigenvalue weighted by atomic mass is 16.7. The molecule has 0 radical (unpaired) electrons. The number of nitrogens with one attached hydrogen (secondary N) is 3. The molecule has 340 valence electrons. The number of hydrogen-bond acceptors (Lipinski definition) is 10. The maximum Gasteiger partial charge on any atom is 0.303 e. The van der Waals surface area contributed by atoms with Crippen LogP contribution in [-0.2, 0) is 28.7 Å². The highest BCUT2D eigenvalue weighted by molar-refractivity contribution is 5.92. The van der Waals surface area contributed by atoms with Crippen molar-refractivity contribution in [3.05, 3.63) is 0 Å². The Hall–Kier alpha value is -2.36. The molecule has 0 aromatic rings. The smallest absolute Gasteiger partial charge is 0.303 e. The second kappa shape index (κ2) is 34.4. The van der Waals surface area contributed by atoms with E-state index in [9.17, 15) is 44.7 Å². The average molecular weight is 830 g/mol. The van der Waals surface area contributed by atoms with Crippen molar-refractivity contribution in [3.8, 4) is 0 Å². The van der Waals surface area contributed by atoms with E-state index in [1.807, 2.05) is 0 Å². The number of carbonyl (C=O) groups is 4. The molecule has 0 bridgehead atoms. The molecule has 0 aromatic heterocycles. The van der Waals surface area contributed by atoms with Gasteiger partial charge in [-0.3, -0.25) is 19.2 Å². The lowest BCUT2D eigenvalue weighted by molar-refractivity contribution is -0.301. The third kappa shape index (κ3) is 24.0. The zero-order valence-corrected chi connectivity index (χ0v) is 36.3. The number of ether oxygens (including phenoxy) is 2. The highest BCUT2D eigenvalue weighted by Gasteiger charge is 2.44. The minimum absolute atomic E-state index is 0.199. The van der Waals surface area contributed by atoms with Crippen LogP contribution in [0.25, 0.3) is 0 Å². The molecule has 14 heteroatoms. The average Bonchev–Trinajstić information content (AvgIpc) is 3.21. The SMILES string of the molecule is CCCCCCCCCCCCCCC(CCCCCCCCCCCCC)C(=O)N[C@@H](CO[C@H]1O[C@H](CO)[C@@H](O)[C@H](O)[C@@H]1O)C(=O)N[C@H](CCC(=O)O)C(=O)NC. The van der Waals surface area contributed by atoms with Gasteiger partial charge in [0.1, 0.15) is 36.5 Å². The molecule has 14 nitrogen and oxygen atoms in total. The lowest BCUT2D eigenvalue weighted by Gasteiger charge is -2.40. The van der Waals surface area contributed by atoms with Crippen LogP contribution in [-0.4, -0.2) is 112 Å². The second-order valence-electron chi connectivity index (χ2n) is 16.4. The molecule has 1 fully saturated rings. The summed E-state index contributed by atoms with van der Waals surface area (Å²) in [5.41, 5.74) is 0. The van der Waals surface area contributed by atoms with E-state index < -0.39 is 80.2 Å². The predicted octanol–water partition coefficient (Wildman–Crippen LogP) is 5.79. The molecule has 1 unspecified atom stereocenters. The normalized spacial score (nSPS) is 20.9. The quantitative estimate of drug-likeness (QED) is 0.0350. The number of carboxylic acids is 1. The molecule has 1 saturated heterocycles. The van der Waals surface area contributed by atoms with Gasteiger partial charge in [0.05, 0.1) is 13.2 Å². The number of likely N-dealkylation sites (N-methyl/N-ethyl adjacent to an activating group) is 1. The van der Waals surface area contributed by atoms with E-state index in [0.717, 1.165) is 51.4 Å². The van der Waals surface area contributed by atoms with Gasteiger partial charge in [0.2, 0.25) is 17.7 Å². The summed E-state index contributed by atoms with van der Waals surface area (Å²) in [4.78, 5) is 51.6. The zero-order chi connectivity index (χ0) is 43.0. The van der Waals surface area contributed by atoms with E-state index in [1.165, 1.54) is 103 Å². The van der Waals surface area contributed by atoms with Gasteiger partial charge < -0.3 is 51.0 Å². The molecule has 8 atom stereocenters. The Labute approximate surface area is 349 Å². The van der Waals surface area contributed by atoms with Crippen LogP contribution in [0.2, 0.25) is 0 Å². The van der Waals surface area contributed by atoms with Gasteiger partial charge in [-0.2, -0.15) is 0 Å². The predicted molar refractivity (Wildman–Crippen MR) is 225 cm³/mol. The summed E-state index contributed by atoms with van der Waals surface area (Å²) >= 11 is 0. The zero-order valence-electron chi connectivity index (χ0n) is 36.3.